The average molecular weight is 234 g/mol. The van der Waals surface area contributed by atoms with Crippen molar-refractivity contribution in [3.05, 3.63) is 41.8 Å². The number of nitrogens with two attached hydrogens (primary N) is 1. The fraction of sp³-hybridized carbons (Fsp3) is 0.364. The van der Waals surface area contributed by atoms with Crippen molar-refractivity contribution in [2.45, 2.75) is 25.5 Å². The molecule has 2 atom stereocenters. The summed E-state index contributed by atoms with van der Waals surface area (Å²) in [5.41, 5.74) is 6.68. The molecule has 3 N–H and O–H groups in total. The summed E-state index contributed by atoms with van der Waals surface area (Å²) < 4.78 is 4.99. The zero-order valence-corrected chi connectivity index (χ0v) is 9.45. The van der Waals surface area contributed by atoms with Gasteiger partial charge in [0.05, 0.1) is 6.10 Å². The van der Waals surface area contributed by atoms with E-state index >= 15 is 0 Å². The van der Waals surface area contributed by atoms with E-state index in [1.54, 1.807) is 19.3 Å². The maximum Gasteiger partial charge on any atom is 0.246 e. The molecule has 0 bridgehead atoms. The SMILES string of the molecule is CC(O)C(N)c1nc(Cc2cccnc2)no1. The van der Waals surface area contributed by atoms with Gasteiger partial charge in [-0.3, -0.25) is 4.98 Å². The molecule has 0 fully saturated rings. The summed E-state index contributed by atoms with van der Waals surface area (Å²) in [4.78, 5) is 8.14. The van der Waals surface area contributed by atoms with Gasteiger partial charge in [-0.05, 0) is 18.6 Å². The highest BCUT2D eigenvalue weighted by molar-refractivity contribution is 5.13. The van der Waals surface area contributed by atoms with Crippen LogP contribution in [0.1, 0.15) is 30.2 Å². The largest absolute Gasteiger partial charge is 0.391 e. The minimum atomic E-state index is -0.721. The Morgan fingerprint density at radius 2 is 2.35 bits per heavy atom. The molecule has 2 aromatic rings. The second-order valence-corrected chi connectivity index (χ2v) is 3.85. The third-order valence-electron chi connectivity index (χ3n) is 2.37. The Kier molecular flexibility index (Phi) is 3.46. The molecule has 2 aromatic heterocycles. The predicted octanol–water partition coefficient (Wildman–Crippen LogP) is 0.436. The Morgan fingerprint density at radius 3 is 3.00 bits per heavy atom. The molecular weight excluding hydrogens is 220 g/mol. The van der Waals surface area contributed by atoms with E-state index in [-0.39, 0.29) is 5.89 Å². The third-order valence-corrected chi connectivity index (χ3v) is 2.37. The first-order chi connectivity index (χ1) is 8.16. The highest BCUT2D eigenvalue weighted by atomic mass is 16.5. The minimum absolute atomic E-state index is 0.249. The molecular formula is C11H14N4O2. The number of aliphatic hydroxyl groups is 1. The topological polar surface area (TPSA) is 98.1 Å². The van der Waals surface area contributed by atoms with Crippen LogP contribution in [0, 0.1) is 0 Å². The molecule has 0 saturated heterocycles. The smallest absolute Gasteiger partial charge is 0.246 e. The molecule has 6 heteroatoms. The summed E-state index contributed by atoms with van der Waals surface area (Å²) in [6.07, 6.45) is 3.25. The van der Waals surface area contributed by atoms with Crippen molar-refractivity contribution in [1.29, 1.82) is 0 Å². The van der Waals surface area contributed by atoms with E-state index in [0.29, 0.717) is 12.2 Å². The van der Waals surface area contributed by atoms with Crippen LogP contribution in [-0.4, -0.2) is 26.3 Å². The first-order valence-electron chi connectivity index (χ1n) is 5.32. The van der Waals surface area contributed by atoms with Gasteiger partial charge >= 0.3 is 0 Å². The van der Waals surface area contributed by atoms with E-state index in [4.69, 9.17) is 10.3 Å². The maximum absolute atomic E-state index is 9.31. The number of hydrogen-bond donors (Lipinski definition) is 2. The normalized spacial score (nSPS) is 14.5. The first kappa shape index (κ1) is 11.7. The number of aliphatic hydroxyl groups excluding tert-OH is 1. The van der Waals surface area contributed by atoms with E-state index in [1.165, 1.54) is 0 Å². The van der Waals surface area contributed by atoms with E-state index in [1.807, 2.05) is 12.1 Å². The lowest BCUT2D eigenvalue weighted by atomic mass is 10.2. The molecule has 0 amide bonds. The van der Waals surface area contributed by atoms with Crippen molar-refractivity contribution in [1.82, 2.24) is 15.1 Å². The van der Waals surface area contributed by atoms with Crippen LogP contribution in [0.4, 0.5) is 0 Å². The second-order valence-electron chi connectivity index (χ2n) is 3.85. The van der Waals surface area contributed by atoms with Gasteiger partial charge in [-0.1, -0.05) is 11.2 Å². The van der Waals surface area contributed by atoms with Crippen molar-refractivity contribution in [2.24, 2.45) is 5.73 Å². The van der Waals surface area contributed by atoms with Crippen LogP contribution in [0.5, 0.6) is 0 Å². The first-order valence-corrected chi connectivity index (χ1v) is 5.32. The second kappa shape index (κ2) is 5.03. The Bertz CT molecular complexity index is 469. The summed E-state index contributed by atoms with van der Waals surface area (Å²) in [6, 6.07) is 3.13. The molecule has 2 heterocycles. The molecule has 90 valence electrons. The van der Waals surface area contributed by atoms with Gasteiger partial charge in [0.15, 0.2) is 5.82 Å². The van der Waals surface area contributed by atoms with E-state index in [2.05, 4.69) is 15.1 Å². The van der Waals surface area contributed by atoms with E-state index in [0.717, 1.165) is 5.56 Å². The van der Waals surface area contributed by atoms with Gasteiger partial charge in [-0.25, -0.2) is 0 Å². The van der Waals surface area contributed by atoms with Gasteiger partial charge in [0.25, 0.3) is 0 Å². The minimum Gasteiger partial charge on any atom is -0.391 e. The molecule has 0 radical (unpaired) electrons. The van der Waals surface area contributed by atoms with E-state index < -0.39 is 12.1 Å². The molecule has 2 unspecified atom stereocenters. The van der Waals surface area contributed by atoms with Gasteiger partial charge < -0.3 is 15.4 Å². The van der Waals surface area contributed by atoms with Crippen LogP contribution in [-0.2, 0) is 6.42 Å². The number of rotatable bonds is 4. The summed E-state index contributed by atoms with van der Waals surface area (Å²) in [5, 5.41) is 13.1. The van der Waals surface area contributed by atoms with Gasteiger partial charge in [0.2, 0.25) is 5.89 Å². The van der Waals surface area contributed by atoms with Crippen molar-refractivity contribution in [2.75, 3.05) is 0 Å². The quantitative estimate of drug-likeness (QED) is 0.796. The van der Waals surface area contributed by atoms with Crippen LogP contribution < -0.4 is 5.73 Å². The zero-order chi connectivity index (χ0) is 12.3. The summed E-state index contributed by atoms with van der Waals surface area (Å²) in [7, 11) is 0. The molecule has 17 heavy (non-hydrogen) atoms. The molecule has 0 aliphatic carbocycles. The summed E-state index contributed by atoms with van der Waals surface area (Å²) in [5.74, 6) is 0.781. The summed E-state index contributed by atoms with van der Waals surface area (Å²) in [6.45, 7) is 1.58. The molecule has 0 aromatic carbocycles. The van der Waals surface area contributed by atoms with Crippen LogP contribution in [0.2, 0.25) is 0 Å². The number of pyridine rings is 1. The van der Waals surface area contributed by atoms with Gasteiger partial charge in [0, 0.05) is 18.8 Å². The number of aromatic nitrogens is 3. The Balaban J connectivity index is 2.09. The monoisotopic (exact) mass is 234 g/mol. The van der Waals surface area contributed by atoms with Crippen molar-refractivity contribution < 1.29 is 9.63 Å². The third kappa shape index (κ3) is 2.86. The van der Waals surface area contributed by atoms with Crippen molar-refractivity contribution in [3.8, 4) is 0 Å². The highest BCUT2D eigenvalue weighted by Crippen LogP contribution is 2.13. The lowest BCUT2D eigenvalue weighted by Gasteiger charge is -2.08. The zero-order valence-electron chi connectivity index (χ0n) is 9.45. The van der Waals surface area contributed by atoms with Crippen molar-refractivity contribution in [3.63, 3.8) is 0 Å². The Hall–Kier alpha value is -1.79. The number of hydrogen-bond acceptors (Lipinski definition) is 6. The fourth-order valence-electron chi connectivity index (χ4n) is 1.37. The van der Waals surface area contributed by atoms with Crippen molar-refractivity contribution >= 4 is 0 Å². The van der Waals surface area contributed by atoms with Crippen LogP contribution in [0.15, 0.2) is 29.0 Å². The maximum atomic E-state index is 9.31. The van der Waals surface area contributed by atoms with Gasteiger partial charge in [0.1, 0.15) is 6.04 Å². The summed E-state index contributed by atoms with van der Waals surface area (Å²) >= 11 is 0. The molecule has 0 aliphatic heterocycles. The Morgan fingerprint density at radius 1 is 1.53 bits per heavy atom. The van der Waals surface area contributed by atoms with Crippen LogP contribution >= 0.6 is 0 Å². The molecule has 2 rings (SSSR count). The van der Waals surface area contributed by atoms with Crippen LogP contribution in [0.25, 0.3) is 0 Å². The predicted molar refractivity (Wildman–Crippen MR) is 60.0 cm³/mol. The van der Waals surface area contributed by atoms with Crippen LogP contribution in [0.3, 0.4) is 0 Å². The fourth-order valence-corrected chi connectivity index (χ4v) is 1.37. The molecule has 0 saturated carbocycles. The molecule has 0 spiro atoms. The average Bonchev–Trinajstić information content (AvgIpc) is 2.77. The lowest BCUT2D eigenvalue weighted by Crippen LogP contribution is -2.23. The Labute approximate surface area is 98.5 Å². The molecule has 6 nitrogen and oxygen atoms in total. The van der Waals surface area contributed by atoms with E-state index in [9.17, 15) is 5.11 Å². The van der Waals surface area contributed by atoms with Gasteiger partial charge in [-0.15, -0.1) is 0 Å². The van der Waals surface area contributed by atoms with Gasteiger partial charge in [-0.2, -0.15) is 4.98 Å². The standard InChI is InChI=1S/C11H14N4O2/c1-7(16)10(12)11-14-9(15-17-11)5-8-3-2-4-13-6-8/h2-4,6-7,10,16H,5,12H2,1H3. The molecule has 0 aliphatic rings. The highest BCUT2D eigenvalue weighted by Gasteiger charge is 2.19. The number of nitrogens with zero attached hydrogens (tertiary/aromatic N) is 3. The lowest BCUT2D eigenvalue weighted by molar-refractivity contribution is 0.146.